The van der Waals surface area contributed by atoms with Crippen molar-refractivity contribution in [1.82, 2.24) is 9.97 Å². The molecule has 0 saturated heterocycles. The van der Waals surface area contributed by atoms with Gasteiger partial charge in [-0.1, -0.05) is 0 Å². The molecule has 0 unspecified atom stereocenters. The monoisotopic (exact) mass is 228 g/mol. The van der Waals surface area contributed by atoms with E-state index in [1.54, 1.807) is 18.2 Å². The summed E-state index contributed by atoms with van der Waals surface area (Å²) in [6, 6.07) is 5.14. The molecule has 1 aromatic heterocycles. The first-order valence-electron chi connectivity index (χ1n) is 5.09. The Balaban J connectivity index is 2.18. The second-order valence-corrected chi connectivity index (χ2v) is 3.65. The third kappa shape index (κ3) is 2.57. The topological polar surface area (TPSA) is 80.9 Å². The van der Waals surface area contributed by atoms with Crippen LogP contribution in [0.25, 0.3) is 0 Å². The predicted molar refractivity (Wildman–Crippen MR) is 65.6 cm³/mol. The summed E-state index contributed by atoms with van der Waals surface area (Å²) in [7, 11) is 0. The van der Waals surface area contributed by atoms with E-state index in [4.69, 9.17) is 5.73 Å². The van der Waals surface area contributed by atoms with Gasteiger partial charge in [0.05, 0.1) is 18.1 Å². The van der Waals surface area contributed by atoms with Crippen molar-refractivity contribution >= 4 is 17.3 Å². The quantitative estimate of drug-likeness (QED) is 0.765. The molecule has 5 nitrogen and oxygen atoms in total. The maximum absolute atomic E-state index is 11.9. The zero-order valence-corrected chi connectivity index (χ0v) is 9.34. The molecule has 0 spiro atoms. The molecule has 1 aromatic carbocycles. The van der Waals surface area contributed by atoms with E-state index in [0.29, 0.717) is 16.9 Å². The van der Waals surface area contributed by atoms with Crippen molar-refractivity contribution in [3.8, 4) is 0 Å². The Morgan fingerprint density at radius 1 is 1.29 bits per heavy atom. The summed E-state index contributed by atoms with van der Waals surface area (Å²) in [6.07, 6.45) is 4.48. The van der Waals surface area contributed by atoms with E-state index < -0.39 is 0 Å². The molecule has 86 valence electrons. The second-order valence-electron chi connectivity index (χ2n) is 3.65. The van der Waals surface area contributed by atoms with Crippen LogP contribution in [0.4, 0.5) is 11.4 Å². The van der Waals surface area contributed by atoms with Crippen molar-refractivity contribution in [3.05, 3.63) is 48.0 Å². The van der Waals surface area contributed by atoms with Gasteiger partial charge in [-0.3, -0.25) is 4.79 Å². The van der Waals surface area contributed by atoms with Crippen LogP contribution >= 0.6 is 0 Å². The molecule has 0 radical (unpaired) electrons. The molecule has 0 aliphatic carbocycles. The number of benzene rings is 1. The molecule has 0 aliphatic heterocycles. The number of anilines is 2. The Hall–Kier alpha value is -2.43. The highest BCUT2D eigenvalue weighted by Gasteiger charge is 2.07. The number of hydrogen-bond acceptors (Lipinski definition) is 4. The fourth-order valence-corrected chi connectivity index (χ4v) is 1.38. The van der Waals surface area contributed by atoms with E-state index in [1.165, 1.54) is 18.7 Å². The minimum Gasteiger partial charge on any atom is -0.399 e. The largest absolute Gasteiger partial charge is 0.399 e. The highest BCUT2D eigenvalue weighted by molar-refractivity contribution is 6.04. The van der Waals surface area contributed by atoms with Gasteiger partial charge in [-0.25, -0.2) is 9.97 Å². The van der Waals surface area contributed by atoms with Gasteiger partial charge in [-0.15, -0.1) is 0 Å². The number of nitrogens with zero attached hydrogens (tertiary/aromatic N) is 2. The molecule has 0 fully saturated rings. The summed E-state index contributed by atoms with van der Waals surface area (Å²) in [6.45, 7) is 1.86. The van der Waals surface area contributed by atoms with Crippen LogP contribution in [-0.2, 0) is 0 Å². The lowest BCUT2D eigenvalue weighted by atomic mass is 10.1. The molecule has 0 aliphatic rings. The van der Waals surface area contributed by atoms with Crippen molar-refractivity contribution in [2.75, 3.05) is 11.1 Å². The lowest BCUT2D eigenvalue weighted by molar-refractivity contribution is 0.102. The number of carbonyl (C=O) groups excluding carboxylic acids is 1. The SMILES string of the molecule is Cc1cc(C(=O)Nc2cncnc2)ccc1N. The van der Waals surface area contributed by atoms with Gasteiger partial charge in [0.15, 0.2) is 0 Å². The standard InChI is InChI=1S/C12H12N4O/c1-8-4-9(2-3-11(8)13)12(17)16-10-5-14-7-15-6-10/h2-7H,13H2,1H3,(H,16,17). The number of rotatable bonds is 2. The van der Waals surface area contributed by atoms with Gasteiger partial charge in [0, 0.05) is 11.3 Å². The number of hydrogen-bond donors (Lipinski definition) is 2. The summed E-state index contributed by atoms with van der Waals surface area (Å²) in [5, 5.41) is 2.70. The third-order valence-electron chi connectivity index (χ3n) is 2.35. The van der Waals surface area contributed by atoms with Crippen LogP contribution in [0.1, 0.15) is 15.9 Å². The second kappa shape index (κ2) is 4.61. The number of nitrogens with one attached hydrogen (secondary N) is 1. The van der Waals surface area contributed by atoms with Gasteiger partial charge in [-0.2, -0.15) is 0 Å². The highest BCUT2D eigenvalue weighted by atomic mass is 16.1. The van der Waals surface area contributed by atoms with E-state index >= 15 is 0 Å². The molecule has 5 heteroatoms. The number of nitrogens with two attached hydrogens (primary N) is 1. The summed E-state index contributed by atoms with van der Waals surface area (Å²) >= 11 is 0. The molecular weight excluding hydrogens is 216 g/mol. The van der Waals surface area contributed by atoms with Gasteiger partial charge in [-0.05, 0) is 30.7 Å². The van der Waals surface area contributed by atoms with Crippen molar-refractivity contribution in [2.45, 2.75) is 6.92 Å². The van der Waals surface area contributed by atoms with Crippen LogP contribution in [0, 0.1) is 6.92 Å². The molecule has 2 rings (SSSR count). The van der Waals surface area contributed by atoms with E-state index in [1.807, 2.05) is 6.92 Å². The molecule has 3 N–H and O–H groups in total. The van der Waals surface area contributed by atoms with Gasteiger partial charge in [0.1, 0.15) is 6.33 Å². The fraction of sp³-hybridized carbons (Fsp3) is 0.0833. The summed E-state index contributed by atoms with van der Waals surface area (Å²) < 4.78 is 0. The van der Waals surface area contributed by atoms with Crippen molar-refractivity contribution in [1.29, 1.82) is 0 Å². The van der Waals surface area contributed by atoms with Crippen LogP contribution in [0.15, 0.2) is 36.9 Å². The Morgan fingerprint density at radius 2 is 2.00 bits per heavy atom. The first kappa shape index (κ1) is 11.1. The number of amides is 1. The van der Waals surface area contributed by atoms with Gasteiger partial charge >= 0.3 is 0 Å². The normalized spacial score (nSPS) is 9.94. The molecule has 1 amide bonds. The van der Waals surface area contributed by atoms with Crippen LogP contribution in [0.5, 0.6) is 0 Å². The molecule has 0 saturated carbocycles. The Kier molecular flexibility index (Phi) is 3.00. The molecule has 17 heavy (non-hydrogen) atoms. The van der Waals surface area contributed by atoms with E-state index in [-0.39, 0.29) is 5.91 Å². The maximum Gasteiger partial charge on any atom is 0.255 e. The average Bonchev–Trinajstić information content (AvgIpc) is 2.34. The highest BCUT2D eigenvalue weighted by Crippen LogP contribution is 2.14. The summed E-state index contributed by atoms with van der Waals surface area (Å²) in [5.74, 6) is -0.206. The number of aromatic nitrogens is 2. The molecular formula is C12H12N4O. The van der Waals surface area contributed by atoms with Gasteiger partial charge < -0.3 is 11.1 Å². The van der Waals surface area contributed by atoms with Crippen molar-refractivity contribution < 1.29 is 4.79 Å². The van der Waals surface area contributed by atoms with Crippen LogP contribution in [-0.4, -0.2) is 15.9 Å². The van der Waals surface area contributed by atoms with Crippen LogP contribution < -0.4 is 11.1 Å². The lowest BCUT2D eigenvalue weighted by Crippen LogP contribution is -2.12. The van der Waals surface area contributed by atoms with Crippen molar-refractivity contribution in [2.24, 2.45) is 0 Å². The van der Waals surface area contributed by atoms with Crippen LogP contribution in [0.2, 0.25) is 0 Å². The van der Waals surface area contributed by atoms with Crippen molar-refractivity contribution in [3.63, 3.8) is 0 Å². The molecule has 1 heterocycles. The van der Waals surface area contributed by atoms with Gasteiger partial charge in [0.2, 0.25) is 0 Å². The first-order valence-corrected chi connectivity index (χ1v) is 5.09. The smallest absolute Gasteiger partial charge is 0.255 e. The summed E-state index contributed by atoms with van der Waals surface area (Å²) in [4.78, 5) is 19.5. The summed E-state index contributed by atoms with van der Waals surface area (Å²) in [5.41, 5.74) is 8.36. The minimum atomic E-state index is -0.206. The lowest BCUT2D eigenvalue weighted by Gasteiger charge is -2.06. The van der Waals surface area contributed by atoms with E-state index in [9.17, 15) is 4.79 Å². The minimum absolute atomic E-state index is 0.206. The predicted octanol–water partition coefficient (Wildman–Crippen LogP) is 1.62. The Labute approximate surface area is 98.7 Å². The first-order chi connectivity index (χ1) is 8.16. The average molecular weight is 228 g/mol. The molecule has 0 atom stereocenters. The zero-order valence-electron chi connectivity index (χ0n) is 9.34. The fourth-order valence-electron chi connectivity index (χ4n) is 1.38. The zero-order chi connectivity index (χ0) is 12.3. The number of aryl methyl sites for hydroxylation is 1. The Bertz CT molecular complexity index is 539. The maximum atomic E-state index is 11.9. The van der Waals surface area contributed by atoms with Crippen LogP contribution in [0.3, 0.4) is 0 Å². The molecule has 2 aromatic rings. The third-order valence-corrected chi connectivity index (χ3v) is 2.35. The molecule has 0 bridgehead atoms. The van der Waals surface area contributed by atoms with E-state index in [0.717, 1.165) is 5.56 Å². The number of nitrogen functional groups attached to an aromatic ring is 1. The number of carbonyl (C=O) groups is 1. The Morgan fingerprint density at radius 3 is 2.65 bits per heavy atom. The van der Waals surface area contributed by atoms with Gasteiger partial charge in [0.25, 0.3) is 5.91 Å². The van der Waals surface area contributed by atoms with E-state index in [2.05, 4.69) is 15.3 Å².